The average Bonchev–Trinajstić information content (AvgIpc) is 2.84. The van der Waals surface area contributed by atoms with Crippen LogP contribution in [0.1, 0.15) is 49.5 Å². The third-order valence-corrected chi connectivity index (χ3v) is 4.14. The molecular formula is C14H23N3O2. The summed E-state index contributed by atoms with van der Waals surface area (Å²) in [5.41, 5.74) is 0.371. The van der Waals surface area contributed by atoms with Gasteiger partial charge in [0.1, 0.15) is 6.26 Å². The summed E-state index contributed by atoms with van der Waals surface area (Å²) in [7, 11) is 1.81. The van der Waals surface area contributed by atoms with Gasteiger partial charge in [-0.3, -0.25) is 4.79 Å². The monoisotopic (exact) mass is 265 g/mol. The lowest BCUT2D eigenvalue weighted by atomic mass is 9.78. The number of hydrogen-bond acceptors (Lipinski definition) is 4. The number of oxazole rings is 1. The van der Waals surface area contributed by atoms with Gasteiger partial charge in [-0.1, -0.05) is 26.7 Å². The Kier molecular flexibility index (Phi) is 4.58. The van der Waals surface area contributed by atoms with Crippen LogP contribution in [0.15, 0.2) is 10.7 Å². The highest BCUT2D eigenvalue weighted by atomic mass is 16.3. The topological polar surface area (TPSA) is 67.2 Å². The van der Waals surface area contributed by atoms with Crippen molar-refractivity contribution in [3.63, 3.8) is 0 Å². The standard InChI is InChI=1S/C14H23N3O2/c1-9-5-4-6-11(10(9)2)17-14(18)12-8-19-13(16-12)7-15-3/h8-11,15H,4-7H2,1-3H3,(H,17,18). The third-order valence-electron chi connectivity index (χ3n) is 4.14. The van der Waals surface area contributed by atoms with E-state index < -0.39 is 0 Å². The maximum absolute atomic E-state index is 12.1. The third kappa shape index (κ3) is 3.35. The minimum absolute atomic E-state index is 0.128. The van der Waals surface area contributed by atoms with Gasteiger partial charge in [0.2, 0.25) is 5.89 Å². The second-order valence-electron chi connectivity index (χ2n) is 5.50. The normalized spacial score (nSPS) is 27.2. The van der Waals surface area contributed by atoms with Gasteiger partial charge in [0.25, 0.3) is 5.91 Å². The van der Waals surface area contributed by atoms with Crippen LogP contribution in [0, 0.1) is 11.8 Å². The number of nitrogens with one attached hydrogen (secondary N) is 2. The number of carbonyl (C=O) groups is 1. The summed E-state index contributed by atoms with van der Waals surface area (Å²) in [5, 5.41) is 6.03. The fourth-order valence-electron chi connectivity index (χ4n) is 2.68. The fraction of sp³-hybridized carbons (Fsp3) is 0.714. The number of rotatable bonds is 4. The molecule has 106 valence electrons. The van der Waals surface area contributed by atoms with Crippen molar-refractivity contribution in [3.05, 3.63) is 17.8 Å². The molecule has 2 rings (SSSR count). The summed E-state index contributed by atoms with van der Waals surface area (Å²) in [4.78, 5) is 16.3. The molecule has 1 aliphatic carbocycles. The largest absolute Gasteiger partial charge is 0.447 e. The summed E-state index contributed by atoms with van der Waals surface area (Å²) < 4.78 is 5.23. The number of carbonyl (C=O) groups excluding carboxylic acids is 1. The Morgan fingerprint density at radius 1 is 1.47 bits per heavy atom. The molecular weight excluding hydrogens is 242 g/mol. The van der Waals surface area contributed by atoms with Gasteiger partial charge in [0.15, 0.2) is 5.69 Å². The quantitative estimate of drug-likeness (QED) is 0.873. The zero-order valence-corrected chi connectivity index (χ0v) is 11.9. The Morgan fingerprint density at radius 2 is 2.26 bits per heavy atom. The molecule has 3 unspecified atom stereocenters. The molecule has 5 heteroatoms. The summed E-state index contributed by atoms with van der Waals surface area (Å²) in [5.74, 6) is 1.59. The summed E-state index contributed by atoms with van der Waals surface area (Å²) in [6, 6.07) is 0.251. The van der Waals surface area contributed by atoms with Crippen LogP contribution in [0.2, 0.25) is 0 Å². The van der Waals surface area contributed by atoms with Crippen LogP contribution in [0.4, 0.5) is 0 Å². The molecule has 0 spiro atoms. The van der Waals surface area contributed by atoms with Gasteiger partial charge in [-0.2, -0.15) is 0 Å². The van der Waals surface area contributed by atoms with Gasteiger partial charge < -0.3 is 15.1 Å². The Bertz CT molecular complexity index is 430. The molecule has 1 aromatic rings. The maximum atomic E-state index is 12.1. The van der Waals surface area contributed by atoms with Crippen molar-refractivity contribution in [2.24, 2.45) is 11.8 Å². The number of hydrogen-bond donors (Lipinski definition) is 2. The molecule has 0 aliphatic heterocycles. The summed E-state index contributed by atoms with van der Waals surface area (Å²) in [6.07, 6.45) is 4.92. The molecule has 2 N–H and O–H groups in total. The highest BCUT2D eigenvalue weighted by Gasteiger charge is 2.28. The van der Waals surface area contributed by atoms with Gasteiger partial charge >= 0.3 is 0 Å². The number of nitrogens with zero attached hydrogens (tertiary/aromatic N) is 1. The van der Waals surface area contributed by atoms with Crippen molar-refractivity contribution in [3.8, 4) is 0 Å². The lowest BCUT2D eigenvalue weighted by molar-refractivity contribution is 0.0886. The molecule has 1 fully saturated rings. The molecule has 0 saturated heterocycles. The zero-order valence-electron chi connectivity index (χ0n) is 11.9. The molecule has 0 bridgehead atoms. The van der Waals surface area contributed by atoms with Crippen molar-refractivity contribution >= 4 is 5.91 Å². The summed E-state index contributed by atoms with van der Waals surface area (Å²) >= 11 is 0. The molecule has 1 amide bonds. The fourth-order valence-corrected chi connectivity index (χ4v) is 2.68. The van der Waals surface area contributed by atoms with Gasteiger partial charge in [-0.25, -0.2) is 4.98 Å². The van der Waals surface area contributed by atoms with Crippen LogP contribution in [0.25, 0.3) is 0 Å². The maximum Gasteiger partial charge on any atom is 0.273 e. The van der Waals surface area contributed by atoms with E-state index in [9.17, 15) is 4.79 Å². The Labute approximate surface area is 114 Å². The van der Waals surface area contributed by atoms with E-state index in [-0.39, 0.29) is 11.9 Å². The predicted molar refractivity (Wildman–Crippen MR) is 72.7 cm³/mol. The van der Waals surface area contributed by atoms with Crippen molar-refractivity contribution in [2.45, 2.75) is 45.7 Å². The smallest absolute Gasteiger partial charge is 0.273 e. The lowest BCUT2D eigenvalue weighted by Crippen LogP contribution is -2.43. The van der Waals surface area contributed by atoms with Gasteiger partial charge in [-0.05, 0) is 25.3 Å². The summed E-state index contributed by atoms with van der Waals surface area (Å²) in [6.45, 7) is 5.00. The predicted octanol–water partition coefficient (Wildman–Crippen LogP) is 1.95. The highest BCUT2D eigenvalue weighted by molar-refractivity contribution is 5.92. The first-order chi connectivity index (χ1) is 9.11. The van der Waals surface area contributed by atoms with Crippen LogP contribution >= 0.6 is 0 Å². The van der Waals surface area contributed by atoms with Crippen LogP contribution in [-0.4, -0.2) is 24.0 Å². The first-order valence-corrected chi connectivity index (χ1v) is 7.01. The first-order valence-electron chi connectivity index (χ1n) is 7.01. The zero-order chi connectivity index (χ0) is 13.8. The van der Waals surface area contributed by atoms with E-state index in [4.69, 9.17) is 4.42 Å². The van der Waals surface area contributed by atoms with Crippen molar-refractivity contribution in [1.29, 1.82) is 0 Å². The van der Waals surface area contributed by atoms with E-state index in [2.05, 4.69) is 29.5 Å². The van der Waals surface area contributed by atoms with Crippen LogP contribution in [0.3, 0.4) is 0 Å². The van der Waals surface area contributed by atoms with Crippen LogP contribution in [0.5, 0.6) is 0 Å². The number of amides is 1. The average molecular weight is 265 g/mol. The molecule has 0 aromatic carbocycles. The molecule has 1 heterocycles. The first kappa shape index (κ1) is 14.1. The molecule has 1 saturated carbocycles. The van der Waals surface area contributed by atoms with Crippen LogP contribution in [-0.2, 0) is 6.54 Å². The Balaban J connectivity index is 1.95. The van der Waals surface area contributed by atoms with E-state index in [0.29, 0.717) is 30.0 Å². The second kappa shape index (κ2) is 6.19. The minimum atomic E-state index is -0.128. The van der Waals surface area contributed by atoms with Crippen molar-refractivity contribution in [1.82, 2.24) is 15.6 Å². The Morgan fingerprint density at radius 3 is 3.00 bits per heavy atom. The molecule has 0 radical (unpaired) electrons. The van der Waals surface area contributed by atoms with E-state index in [0.717, 1.165) is 6.42 Å². The number of aromatic nitrogens is 1. The molecule has 3 atom stereocenters. The molecule has 5 nitrogen and oxygen atoms in total. The van der Waals surface area contributed by atoms with E-state index in [1.165, 1.54) is 19.1 Å². The molecule has 19 heavy (non-hydrogen) atoms. The van der Waals surface area contributed by atoms with Gasteiger partial charge in [0, 0.05) is 6.04 Å². The minimum Gasteiger partial charge on any atom is -0.447 e. The van der Waals surface area contributed by atoms with Gasteiger partial charge in [0.05, 0.1) is 6.54 Å². The van der Waals surface area contributed by atoms with Crippen LogP contribution < -0.4 is 10.6 Å². The SMILES string of the molecule is CNCc1nc(C(=O)NC2CCCC(C)C2C)co1. The van der Waals surface area contributed by atoms with Crippen molar-refractivity contribution in [2.75, 3.05) is 7.05 Å². The molecule has 1 aromatic heterocycles. The van der Waals surface area contributed by atoms with Crippen molar-refractivity contribution < 1.29 is 9.21 Å². The van der Waals surface area contributed by atoms with E-state index >= 15 is 0 Å². The highest BCUT2D eigenvalue weighted by Crippen LogP contribution is 2.29. The Hall–Kier alpha value is -1.36. The second-order valence-corrected chi connectivity index (χ2v) is 5.50. The van der Waals surface area contributed by atoms with E-state index in [1.807, 2.05) is 7.05 Å². The molecule has 1 aliphatic rings. The van der Waals surface area contributed by atoms with Gasteiger partial charge in [-0.15, -0.1) is 0 Å². The lowest BCUT2D eigenvalue weighted by Gasteiger charge is -2.34. The van der Waals surface area contributed by atoms with E-state index in [1.54, 1.807) is 0 Å².